The van der Waals surface area contributed by atoms with Gasteiger partial charge in [0.1, 0.15) is 6.33 Å². The lowest BCUT2D eigenvalue weighted by molar-refractivity contribution is 0.186. The SMILES string of the molecule is COc1c(N)ncnc1OCC1CC=CCC1C. The Morgan fingerprint density at radius 1 is 1.33 bits per heavy atom. The minimum Gasteiger partial charge on any atom is -0.489 e. The van der Waals surface area contributed by atoms with E-state index < -0.39 is 0 Å². The first-order chi connectivity index (χ1) is 8.72. The van der Waals surface area contributed by atoms with Crippen LogP contribution in [0.25, 0.3) is 0 Å². The Hall–Kier alpha value is -1.78. The van der Waals surface area contributed by atoms with E-state index in [2.05, 4.69) is 29.0 Å². The predicted molar refractivity (Wildman–Crippen MR) is 69.5 cm³/mol. The lowest BCUT2D eigenvalue weighted by atomic mass is 9.85. The van der Waals surface area contributed by atoms with Gasteiger partial charge in [-0.15, -0.1) is 0 Å². The molecule has 1 aromatic rings. The van der Waals surface area contributed by atoms with Gasteiger partial charge in [0.15, 0.2) is 5.82 Å². The second-order valence-corrected chi connectivity index (χ2v) is 4.59. The lowest BCUT2D eigenvalue weighted by Gasteiger charge is -2.25. The molecule has 1 aromatic heterocycles. The molecule has 2 atom stereocenters. The van der Waals surface area contributed by atoms with Gasteiger partial charge in [-0.3, -0.25) is 0 Å². The van der Waals surface area contributed by atoms with Gasteiger partial charge in [-0.1, -0.05) is 19.1 Å². The Bertz CT molecular complexity index is 434. The molecule has 1 heterocycles. The van der Waals surface area contributed by atoms with E-state index in [1.165, 1.54) is 13.4 Å². The number of methoxy groups -OCH3 is 1. The van der Waals surface area contributed by atoms with Gasteiger partial charge in [0, 0.05) is 0 Å². The van der Waals surface area contributed by atoms with Crippen molar-refractivity contribution in [2.45, 2.75) is 19.8 Å². The number of anilines is 1. The second kappa shape index (κ2) is 5.71. The summed E-state index contributed by atoms with van der Waals surface area (Å²) in [4.78, 5) is 7.93. The molecule has 1 aliphatic rings. The third-order valence-electron chi connectivity index (χ3n) is 3.36. The van der Waals surface area contributed by atoms with Gasteiger partial charge >= 0.3 is 0 Å². The number of hydrogen-bond donors (Lipinski definition) is 1. The highest BCUT2D eigenvalue weighted by Gasteiger charge is 2.20. The quantitative estimate of drug-likeness (QED) is 0.827. The van der Waals surface area contributed by atoms with Crippen LogP contribution in [-0.2, 0) is 0 Å². The van der Waals surface area contributed by atoms with Crippen LogP contribution in [0.3, 0.4) is 0 Å². The van der Waals surface area contributed by atoms with Crippen molar-refractivity contribution >= 4 is 5.82 Å². The van der Waals surface area contributed by atoms with Crippen molar-refractivity contribution < 1.29 is 9.47 Å². The van der Waals surface area contributed by atoms with Gasteiger partial charge in [-0.2, -0.15) is 4.98 Å². The molecule has 1 aliphatic carbocycles. The Kier molecular flexibility index (Phi) is 4.02. The van der Waals surface area contributed by atoms with E-state index in [0.29, 0.717) is 35.9 Å². The van der Waals surface area contributed by atoms with Crippen molar-refractivity contribution in [3.05, 3.63) is 18.5 Å². The fourth-order valence-electron chi connectivity index (χ4n) is 2.09. The largest absolute Gasteiger partial charge is 0.489 e. The predicted octanol–water partition coefficient (Wildman–Crippen LogP) is 2.05. The third-order valence-corrected chi connectivity index (χ3v) is 3.36. The average molecular weight is 249 g/mol. The summed E-state index contributed by atoms with van der Waals surface area (Å²) < 4.78 is 10.9. The summed E-state index contributed by atoms with van der Waals surface area (Å²) >= 11 is 0. The lowest BCUT2D eigenvalue weighted by Crippen LogP contribution is -2.21. The van der Waals surface area contributed by atoms with Gasteiger partial charge in [-0.05, 0) is 24.7 Å². The normalized spacial score (nSPS) is 22.8. The molecule has 0 aliphatic heterocycles. The molecule has 5 nitrogen and oxygen atoms in total. The monoisotopic (exact) mass is 249 g/mol. The van der Waals surface area contributed by atoms with E-state index in [1.54, 1.807) is 0 Å². The summed E-state index contributed by atoms with van der Waals surface area (Å²) in [5.74, 6) is 2.28. The standard InChI is InChI=1S/C13H19N3O2/c1-9-5-3-4-6-10(9)7-18-13-11(17-2)12(14)15-8-16-13/h3-4,8-10H,5-7H2,1-2H3,(H2,14,15,16). The average Bonchev–Trinajstić information content (AvgIpc) is 2.38. The molecular formula is C13H19N3O2. The highest BCUT2D eigenvalue weighted by molar-refractivity contribution is 5.51. The molecule has 2 unspecified atom stereocenters. The molecule has 0 fully saturated rings. The molecule has 5 heteroatoms. The molecule has 98 valence electrons. The zero-order valence-electron chi connectivity index (χ0n) is 10.8. The van der Waals surface area contributed by atoms with Crippen molar-refractivity contribution in [2.24, 2.45) is 11.8 Å². The number of nitrogen functional groups attached to an aromatic ring is 1. The molecule has 0 spiro atoms. The number of nitrogens with zero attached hydrogens (tertiary/aromatic N) is 2. The molecular weight excluding hydrogens is 230 g/mol. The van der Waals surface area contributed by atoms with Crippen LogP contribution < -0.4 is 15.2 Å². The van der Waals surface area contributed by atoms with Crippen LogP contribution in [0.2, 0.25) is 0 Å². The smallest absolute Gasteiger partial charge is 0.262 e. The van der Waals surface area contributed by atoms with E-state index in [9.17, 15) is 0 Å². The molecule has 2 rings (SSSR count). The first-order valence-corrected chi connectivity index (χ1v) is 6.14. The molecule has 0 bridgehead atoms. The fraction of sp³-hybridized carbons (Fsp3) is 0.538. The van der Waals surface area contributed by atoms with Gasteiger partial charge in [0.05, 0.1) is 13.7 Å². The fourth-order valence-corrected chi connectivity index (χ4v) is 2.09. The highest BCUT2D eigenvalue weighted by Crippen LogP contribution is 2.31. The van der Waals surface area contributed by atoms with E-state index >= 15 is 0 Å². The van der Waals surface area contributed by atoms with Crippen LogP contribution in [0, 0.1) is 11.8 Å². The number of nitrogens with two attached hydrogens (primary N) is 1. The highest BCUT2D eigenvalue weighted by atomic mass is 16.5. The second-order valence-electron chi connectivity index (χ2n) is 4.59. The third kappa shape index (κ3) is 2.72. The van der Waals surface area contributed by atoms with Gasteiger partial charge in [0.25, 0.3) is 5.88 Å². The maximum absolute atomic E-state index is 5.73. The summed E-state index contributed by atoms with van der Waals surface area (Å²) in [6.45, 7) is 2.86. The van der Waals surface area contributed by atoms with E-state index in [-0.39, 0.29) is 0 Å². The van der Waals surface area contributed by atoms with E-state index in [1.807, 2.05) is 0 Å². The molecule has 0 amide bonds. The molecule has 2 N–H and O–H groups in total. The Labute approximate surface area is 107 Å². The zero-order valence-corrected chi connectivity index (χ0v) is 10.8. The Balaban J connectivity index is 2.02. The number of allylic oxidation sites excluding steroid dienone is 2. The van der Waals surface area contributed by atoms with E-state index in [4.69, 9.17) is 15.2 Å². The van der Waals surface area contributed by atoms with Crippen LogP contribution in [0.5, 0.6) is 11.6 Å². The first-order valence-electron chi connectivity index (χ1n) is 6.14. The summed E-state index contributed by atoms with van der Waals surface area (Å²) in [6.07, 6.45) is 7.97. The maximum Gasteiger partial charge on any atom is 0.262 e. The van der Waals surface area contributed by atoms with Gasteiger partial charge < -0.3 is 15.2 Å². The van der Waals surface area contributed by atoms with Crippen molar-refractivity contribution in [1.29, 1.82) is 0 Å². The van der Waals surface area contributed by atoms with Crippen LogP contribution in [0.1, 0.15) is 19.8 Å². The van der Waals surface area contributed by atoms with Gasteiger partial charge in [-0.25, -0.2) is 4.98 Å². The minimum atomic E-state index is 0.305. The number of aromatic nitrogens is 2. The van der Waals surface area contributed by atoms with Crippen molar-refractivity contribution in [2.75, 3.05) is 19.5 Å². The van der Waals surface area contributed by atoms with Crippen molar-refractivity contribution in [3.8, 4) is 11.6 Å². The minimum absolute atomic E-state index is 0.305. The molecule has 0 saturated carbocycles. The van der Waals surface area contributed by atoms with Crippen LogP contribution in [-0.4, -0.2) is 23.7 Å². The number of hydrogen-bond acceptors (Lipinski definition) is 5. The Morgan fingerprint density at radius 3 is 2.83 bits per heavy atom. The summed E-state index contributed by atoms with van der Waals surface area (Å²) in [5.41, 5.74) is 5.70. The van der Waals surface area contributed by atoms with Gasteiger partial charge in [0.2, 0.25) is 5.75 Å². The van der Waals surface area contributed by atoms with Crippen molar-refractivity contribution in [3.63, 3.8) is 0 Å². The van der Waals surface area contributed by atoms with Crippen molar-refractivity contribution in [1.82, 2.24) is 9.97 Å². The zero-order chi connectivity index (χ0) is 13.0. The molecule has 0 saturated heterocycles. The summed E-state index contributed by atoms with van der Waals surface area (Å²) in [7, 11) is 1.54. The first kappa shape index (κ1) is 12.7. The maximum atomic E-state index is 5.73. The summed E-state index contributed by atoms with van der Waals surface area (Å²) in [5, 5.41) is 0. The Morgan fingerprint density at radius 2 is 2.11 bits per heavy atom. The van der Waals surface area contributed by atoms with Crippen LogP contribution in [0.15, 0.2) is 18.5 Å². The van der Waals surface area contributed by atoms with E-state index in [0.717, 1.165) is 12.8 Å². The topological polar surface area (TPSA) is 70.3 Å². The van der Waals surface area contributed by atoms with Crippen LogP contribution in [0.4, 0.5) is 5.82 Å². The summed E-state index contributed by atoms with van der Waals surface area (Å²) in [6, 6.07) is 0. The van der Waals surface area contributed by atoms with Crippen LogP contribution >= 0.6 is 0 Å². The number of rotatable bonds is 4. The molecule has 18 heavy (non-hydrogen) atoms. The molecule has 0 radical (unpaired) electrons. The number of ether oxygens (including phenoxy) is 2. The molecule has 0 aromatic carbocycles.